The lowest BCUT2D eigenvalue weighted by molar-refractivity contribution is -0.141. The molecule has 9 heteroatoms. The van der Waals surface area contributed by atoms with Gasteiger partial charge in [-0.05, 0) is 37.0 Å². The number of fused-ring (bicyclic) bond motifs is 1. The maximum Gasteiger partial charge on any atom is 0.435 e. The highest BCUT2D eigenvalue weighted by Crippen LogP contribution is 2.31. The Kier molecular flexibility index (Phi) is 5.36. The third-order valence-corrected chi connectivity index (χ3v) is 4.75. The fourth-order valence-electron chi connectivity index (χ4n) is 3.43. The molecule has 0 aromatic carbocycles. The summed E-state index contributed by atoms with van der Waals surface area (Å²) in [5.41, 5.74) is 1.74. The molecule has 0 spiro atoms. The SMILES string of the molecule is Cc1cc(N2CCn3nc(C(F)(F)F)cc3C2)nc(C)c1NC(=O)CC(C)(C)C. The van der Waals surface area contributed by atoms with Gasteiger partial charge in [0.25, 0.3) is 0 Å². The van der Waals surface area contributed by atoms with E-state index in [1.54, 1.807) is 0 Å². The lowest BCUT2D eigenvalue weighted by atomic mass is 9.92. The molecule has 0 saturated heterocycles. The van der Waals surface area contributed by atoms with Crippen molar-refractivity contribution >= 4 is 17.4 Å². The van der Waals surface area contributed by atoms with Crippen LogP contribution in [0.3, 0.4) is 0 Å². The standard InChI is InChI=1S/C20H26F3N5O/c1-12-8-16(24-13(2)18(12)25-17(29)10-19(3,4)5)27-6-7-28-14(11-27)9-15(26-28)20(21,22)23/h8-9H,6-7,10-11H2,1-5H3,(H,25,29). The van der Waals surface area contributed by atoms with Crippen molar-refractivity contribution in [2.45, 2.75) is 60.3 Å². The number of aryl methyl sites for hydroxylation is 2. The van der Waals surface area contributed by atoms with Gasteiger partial charge in [0.15, 0.2) is 5.69 Å². The number of carbonyl (C=O) groups is 1. The van der Waals surface area contributed by atoms with Gasteiger partial charge in [-0.3, -0.25) is 9.48 Å². The van der Waals surface area contributed by atoms with Crippen molar-refractivity contribution in [3.8, 4) is 0 Å². The number of nitrogens with one attached hydrogen (secondary N) is 1. The number of halogens is 3. The summed E-state index contributed by atoms with van der Waals surface area (Å²) in [6.07, 6.45) is -4.06. The first-order valence-electron chi connectivity index (χ1n) is 9.50. The molecule has 0 fully saturated rings. The van der Waals surface area contributed by atoms with Gasteiger partial charge >= 0.3 is 6.18 Å². The molecule has 1 amide bonds. The summed E-state index contributed by atoms with van der Waals surface area (Å²) in [5, 5.41) is 6.60. The van der Waals surface area contributed by atoms with Crippen molar-refractivity contribution < 1.29 is 18.0 Å². The van der Waals surface area contributed by atoms with Gasteiger partial charge in [-0.15, -0.1) is 0 Å². The minimum atomic E-state index is -4.45. The molecule has 1 aliphatic heterocycles. The lowest BCUT2D eigenvalue weighted by Gasteiger charge is -2.29. The Bertz CT molecular complexity index is 904. The zero-order valence-electron chi connectivity index (χ0n) is 17.3. The van der Waals surface area contributed by atoms with Crippen LogP contribution in [0.5, 0.6) is 0 Å². The number of anilines is 2. The summed E-state index contributed by atoms with van der Waals surface area (Å²) in [6, 6.07) is 2.95. The maximum absolute atomic E-state index is 12.9. The largest absolute Gasteiger partial charge is 0.435 e. The Hall–Kier alpha value is -2.58. The molecule has 1 aliphatic rings. The number of aromatic nitrogens is 3. The van der Waals surface area contributed by atoms with Crippen LogP contribution in [0.1, 0.15) is 49.8 Å². The maximum atomic E-state index is 12.9. The van der Waals surface area contributed by atoms with Gasteiger partial charge in [-0.25, -0.2) is 4.98 Å². The fourth-order valence-corrected chi connectivity index (χ4v) is 3.43. The van der Waals surface area contributed by atoms with Crippen LogP contribution in [0.2, 0.25) is 0 Å². The second kappa shape index (κ2) is 7.35. The molecule has 0 saturated carbocycles. The molecule has 6 nitrogen and oxygen atoms in total. The average molecular weight is 409 g/mol. The minimum absolute atomic E-state index is 0.0696. The Morgan fingerprint density at radius 1 is 1.17 bits per heavy atom. The second-order valence-electron chi connectivity index (χ2n) is 8.71. The summed E-state index contributed by atoms with van der Waals surface area (Å²) in [7, 11) is 0. The molecule has 2 aromatic heterocycles. The Morgan fingerprint density at radius 2 is 1.86 bits per heavy atom. The number of pyridine rings is 1. The minimum Gasteiger partial charge on any atom is -0.349 e. The van der Waals surface area contributed by atoms with Crippen molar-refractivity contribution in [1.82, 2.24) is 14.8 Å². The van der Waals surface area contributed by atoms with E-state index in [2.05, 4.69) is 15.4 Å². The molecular formula is C20H26F3N5O. The highest BCUT2D eigenvalue weighted by molar-refractivity contribution is 5.92. The number of amides is 1. The van der Waals surface area contributed by atoms with Gasteiger partial charge in [0.05, 0.1) is 30.2 Å². The Morgan fingerprint density at radius 3 is 2.45 bits per heavy atom. The molecule has 0 radical (unpaired) electrons. The normalized spacial score (nSPS) is 14.7. The number of alkyl halides is 3. The quantitative estimate of drug-likeness (QED) is 0.821. The van der Waals surface area contributed by atoms with Gasteiger partial charge in [0.1, 0.15) is 5.82 Å². The van der Waals surface area contributed by atoms with Crippen molar-refractivity contribution in [1.29, 1.82) is 0 Å². The highest BCUT2D eigenvalue weighted by Gasteiger charge is 2.36. The van der Waals surface area contributed by atoms with Crippen LogP contribution < -0.4 is 10.2 Å². The molecule has 0 unspecified atom stereocenters. The zero-order chi connectivity index (χ0) is 21.6. The van der Waals surface area contributed by atoms with E-state index in [1.807, 2.05) is 45.6 Å². The van der Waals surface area contributed by atoms with Crippen LogP contribution >= 0.6 is 0 Å². The first-order chi connectivity index (χ1) is 13.3. The van der Waals surface area contributed by atoms with E-state index in [0.29, 0.717) is 48.9 Å². The van der Waals surface area contributed by atoms with E-state index in [-0.39, 0.29) is 11.3 Å². The van der Waals surface area contributed by atoms with Crippen molar-refractivity contribution in [3.63, 3.8) is 0 Å². The predicted octanol–water partition coefficient (Wildman–Crippen LogP) is 4.31. The average Bonchev–Trinajstić information content (AvgIpc) is 3.00. The van der Waals surface area contributed by atoms with Crippen LogP contribution in [-0.4, -0.2) is 27.2 Å². The van der Waals surface area contributed by atoms with Gasteiger partial charge < -0.3 is 10.2 Å². The third kappa shape index (κ3) is 4.89. The van der Waals surface area contributed by atoms with Crippen LogP contribution in [0.25, 0.3) is 0 Å². The van der Waals surface area contributed by atoms with Crippen LogP contribution in [0.4, 0.5) is 24.7 Å². The van der Waals surface area contributed by atoms with E-state index in [0.717, 1.165) is 11.6 Å². The molecule has 3 heterocycles. The van der Waals surface area contributed by atoms with E-state index in [1.165, 1.54) is 4.68 Å². The summed E-state index contributed by atoms with van der Waals surface area (Å²) in [4.78, 5) is 18.8. The Labute approximate surface area is 168 Å². The molecule has 2 aromatic rings. The lowest BCUT2D eigenvalue weighted by Crippen LogP contribution is -2.34. The van der Waals surface area contributed by atoms with Crippen molar-refractivity contribution in [2.24, 2.45) is 5.41 Å². The first kappa shape index (κ1) is 21.1. The predicted molar refractivity (Wildman–Crippen MR) is 105 cm³/mol. The fraction of sp³-hybridized carbons (Fsp3) is 0.550. The summed E-state index contributed by atoms with van der Waals surface area (Å²) >= 11 is 0. The first-order valence-corrected chi connectivity index (χ1v) is 9.50. The Balaban J connectivity index is 1.79. The topological polar surface area (TPSA) is 63.1 Å². The van der Waals surface area contributed by atoms with E-state index in [9.17, 15) is 18.0 Å². The van der Waals surface area contributed by atoms with Crippen LogP contribution in [0.15, 0.2) is 12.1 Å². The number of hydrogen-bond donors (Lipinski definition) is 1. The number of carbonyl (C=O) groups excluding carboxylic acids is 1. The van der Waals surface area contributed by atoms with Gasteiger partial charge in [-0.2, -0.15) is 18.3 Å². The smallest absolute Gasteiger partial charge is 0.349 e. The van der Waals surface area contributed by atoms with Gasteiger partial charge in [-0.1, -0.05) is 20.8 Å². The summed E-state index contributed by atoms with van der Waals surface area (Å²) < 4.78 is 40.1. The molecule has 29 heavy (non-hydrogen) atoms. The van der Waals surface area contributed by atoms with Crippen LogP contribution in [0, 0.1) is 19.3 Å². The molecule has 158 valence electrons. The summed E-state index contributed by atoms with van der Waals surface area (Å²) in [5.74, 6) is 0.606. The molecular weight excluding hydrogens is 383 g/mol. The third-order valence-electron chi connectivity index (χ3n) is 4.75. The molecule has 3 rings (SSSR count). The highest BCUT2D eigenvalue weighted by atomic mass is 19.4. The van der Waals surface area contributed by atoms with Gasteiger partial charge in [0, 0.05) is 13.0 Å². The zero-order valence-corrected chi connectivity index (χ0v) is 17.3. The van der Waals surface area contributed by atoms with Crippen molar-refractivity contribution in [2.75, 3.05) is 16.8 Å². The number of hydrogen-bond acceptors (Lipinski definition) is 4. The second-order valence-corrected chi connectivity index (χ2v) is 8.71. The van der Waals surface area contributed by atoms with Gasteiger partial charge in [0.2, 0.25) is 5.91 Å². The van der Waals surface area contributed by atoms with E-state index in [4.69, 9.17) is 0 Å². The summed E-state index contributed by atoms with van der Waals surface area (Å²) in [6.45, 7) is 10.9. The van der Waals surface area contributed by atoms with Crippen LogP contribution in [-0.2, 0) is 24.1 Å². The molecule has 0 aliphatic carbocycles. The number of rotatable bonds is 3. The van der Waals surface area contributed by atoms with Crippen molar-refractivity contribution in [3.05, 3.63) is 34.8 Å². The monoisotopic (exact) mass is 409 g/mol. The molecule has 0 atom stereocenters. The van der Waals surface area contributed by atoms with E-state index >= 15 is 0 Å². The molecule has 1 N–H and O–H groups in total. The number of nitrogens with zero attached hydrogens (tertiary/aromatic N) is 4. The van der Waals surface area contributed by atoms with E-state index < -0.39 is 11.9 Å². The molecule has 0 bridgehead atoms.